The maximum Gasteiger partial charge on any atom is 0.262 e. The number of hydrogen-bond acceptors (Lipinski definition) is 5. The normalized spacial score (nSPS) is 19.6. The van der Waals surface area contributed by atoms with Crippen molar-refractivity contribution < 1.29 is 14.4 Å². The Bertz CT molecular complexity index is 1200. The molecule has 1 unspecified atom stereocenters. The molecule has 4 aromatic rings. The number of H-pyrrole nitrogens is 1. The number of nitrogens with one attached hydrogen (secondary N) is 1. The van der Waals surface area contributed by atoms with E-state index in [2.05, 4.69) is 15.1 Å². The summed E-state index contributed by atoms with van der Waals surface area (Å²) in [5.41, 5.74) is 2.66. The second-order valence-corrected chi connectivity index (χ2v) is 7.10. The molecule has 5 rings (SSSR count). The van der Waals surface area contributed by atoms with Crippen molar-refractivity contribution in [3.8, 4) is 22.4 Å². The van der Waals surface area contributed by atoms with E-state index in [4.69, 9.17) is 4.52 Å². The van der Waals surface area contributed by atoms with E-state index in [1.54, 1.807) is 19.3 Å². The number of benzene rings is 1. The van der Waals surface area contributed by atoms with Crippen molar-refractivity contribution in [2.75, 3.05) is 13.6 Å². The molecule has 0 radical (unpaired) electrons. The molecule has 1 aliphatic heterocycles. The molecular weight excluding hydrogens is 356 g/mol. The zero-order valence-electron chi connectivity index (χ0n) is 15.2. The first-order chi connectivity index (χ1) is 13.6. The molecule has 1 aromatic carbocycles. The molecule has 1 fully saturated rings. The molecule has 3 aromatic heterocycles. The Morgan fingerprint density at radius 3 is 2.89 bits per heavy atom. The van der Waals surface area contributed by atoms with Crippen LogP contribution >= 0.6 is 0 Å². The first kappa shape index (κ1) is 16.7. The van der Waals surface area contributed by atoms with Gasteiger partial charge < -0.3 is 19.5 Å². The summed E-state index contributed by atoms with van der Waals surface area (Å²) in [6, 6.07) is 13.5. The van der Waals surface area contributed by atoms with E-state index in [0.717, 1.165) is 27.7 Å². The molecule has 7 heteroatoms. The van der Waals surface area contributed by atoms with Gasteiger partial charge in [-0.3, -0.25) is 4.79 Å². The second-order valence-electron chi connectivity index (χ2n) is 7.10. The zero-order chi connectivity index (χ0) is 19.3. The number of aromatic nitrogens is 3. The van der Waals surface area contributed by atoms with E-state index >= 15 is 0 Å². The summed E-state index contributed by atoms with van der Waals surface area (Å²) < 4.78 is 5.36. The van der Waals surface area contributed by atoms with Crippen molar-refractivity contribution in [1.29, 1.82) is 0 Å². The molecule has 1 saturated heterocycles. The van der Waals surface area contributed by atoms with Crippen LogP contribution in [0, 0.1) is 0 Å². The average Bonchev–Trinajstić information content (AvgIpc) is 3.44. The van der Waals surface area contributed by atoms with E-state index in [1.165, 1.54) is 4.90 Å². The van der Waals surface area contributed by atoms with Gasteiger partial charge in [0.2, 0.25) is 5.60 Å². The molecule has 0 aliphatic carbocycles. The molecule has 0 bridgehead atoms. The smallest absolute Gasteiger partial charge is 0.262 e. The van der Waals surface area contributed by atoms with Gasteiger partial charge in [-0.2, -0.15) is 0 Å². The number of amides is 1. The van der Waals surface area contributed by atoms with Crippen LogP contribution in [0.4, 0.5) is 0 Å². The highest BCUT2D eigenvalue weighted by Gasteiger charge is 2.48. The summed E-state index contributed by atoms with van der Waals surface area (Å²) in [6.45, 7) is 0.482. The molecule has 0 spiro atoms. The Morgan fingerprint density at radius 1 is 1.21 bits per heavy atom. The van der Waals surface area contributed by atoms with Crippen LogP contribution in [0.5, 0.6) is 0 Å². The standard InChI is InChI=1S/C21H18N4O3/c1-25-9-7-21(27,20(25)26)18-11-17(24-28-18)14-5-2-4-13(10-14)16-12-23-19-15(16)6-3-8-22-19/h2-6,8,10-12,27H,7,9H2,1H3,(H,22,23). The summed E-state index contributed by atoms with van der Waals surface area (Å²) in [7, 11) is 1.66. The SMILES string of the molecule is CN1CCC(O)(c2cc(-c3cccc(-c4c[nH]c5ncccc45)c3)no2)C1=O. The van der Waals surface area contributed by atoms with E-state index in [0.29, 0.717) is 18.7 Å². The van der Waals surface area contributed by atoms with Crippen molar-refractivity contribution in [3.05, 3.63) is 60.6 Å². The third-order valence-electron chi connectivity index (χ3n) is 5.35. The van der Waals surface area contributed by atoms with E-state index < -0.39 is 5.60 Å². The quantitative estimate of drug-likeness (QED) is 0.575. The minimum atomic E-state index is -1.64. The molecule has 1 atom stereocenters. The van der Waals surface area contributed by atoms with Gasteiger partial charge in [-0.05, 0) is 23.8 Å². The van der Waals surface area contributed by atoms with E-state index in [-0.39, 0.29) is 11.7 Å². The highest BCUT2D eigenvalue weighted by molar-refractivity contribution is 5.94. The van der Waals surface area contributed by atoms with Crippen LogP contribution in [-0.4, -0.2) is 44.6 Å². The molecule has 1 amide bonds. The molecular formula is C21H18N4O3. The molecule has 28 heavy (non-hydrogen) atoms. The minimum absolute atomic E-state index is 0.179. The van der Waals surface area contributed by atoms with E-state index in [1.807, 2.05) is 42.6 Å². The van der Waals surface area contributed by atoms with Crippen molar-refractivity contribution >= 4 is 16.9 Å². The van der Waals surface area contributed by atoms with Crippen LogP contribution < -0.4 is 0 Å². The number of nitrogens with zero attached hydrogens (tertiary/aromatic N) is 3. The molecule has 2 N–H and O–H groups in total. The lowest BCUT2D eigenvalue weighted by Crippen LogP contribution is -2.35. The summed E-state index contributed by atoms with van der Waals surface area (Å²) in [4.78, 5) is 21.3. The zero-order valence-corrected chi connectivity index (χ0v) is 15.2. The minimum Gasteiger partial charge on any atom is -0.373 e. The molecule has 1 aliphatic rings. The Balaban J connectivity index is 1.53. The maximum absolute atomic E-state index is 12.3. The van der Waals surface area contributed by atoms with Crippen LogP contribution in [0.25, 0.3) is 33.4 Å². The summed E-state index contributed by atoms with van der Waals surface area (Å²) in [6.07, 6.45) is 3.97. The lowest BCUT2D eigenvalue weighted by molar-refractivity contribution is -0.144. The Morgan fingerprint density at radius 2 is 2.07 bits per heavy atom. The van der Waals surface area contributed by atoms with Crippen LogP contribution in [0.1, 0.15) is 12.2 Å². The van der Waals surface area contributed by atoms with Gasteiger partial charge in [0.25, 0.3) is 5.91 Å². The molecule has 140 valence electrons. The predicted octanol–water partition coefficient (Wildman–Crippen LogP) is 2.93. The summed E-state index contributed by atoms with van der Waals surface area (Å²) in [5.74, 6) is -0.186. The summed E-state index contributed by atoms with van der Waals surface area (Å²) >= 11 is 0. The van der Waals surface area contributed by atoms with Gasteiger partial charge in [-0.15, -0.1) is 0 Å². The van der Waals surface area contributed by atoms with Crippen LogP contribution in [0.2, 0.25) is 0 Å². The van der Waals surface area contributed by atoms with Crippen molar-refractivity contribution in [2.45, 2.75) is 12.0 Å². The monoisotopic (exact) mass is 374 g/mol. The van der Waals surface area contributed by atoms with Gasteiger partial charge in [0.15, 0.2) is 5.76 Å². The third kappa shape index (κ3) is 2.44. The molecule has 4 heterocycles. The predicted molar refractivity (Wildman–Crippen MR) is 103 cm³/mol. The van der Waals surface area contributed by atoms with Crippen molar-refractivity contribution in [3.63, 3.8) is 0 Å². The number of carbonyl (C=O) groups excluding carboxylic acids is 1. The molecule has 7 nitrogen and oxygen atoms in total. The Hall–Kier alpha value is -3.45. The number of hydrogen-bond donors (Lipinski definition) is 2. The summed E-state index contributed by atoms with van der Waals surface area (Å²) in [5, 5.41) is 15.9. The van der Waals surface area contributed by atoms with Gasteiger partial charge in [0, 0.05) is 55.0 Å². The fraction of sp³-hybridized carbons (Fsp3) is 0.190. The van der Waals surface area contributed by atoms with Gasteiger partial charge in [0.05, 0.1) is 0 Å². The Labute approximate surface area is 160 Å². The Kier molecular flexibility index (Phi) is 3.60. The third-order valence-corrected chi connectivity index (χ3v) is 5.35. The topological polar surface area (TPSA) is 95.2 Å². The average molecular weight is 374 g/mol. The number of pyridine rings is 1. The molecule has 0 saturated carbocycles. The fourth-order valence-electron chi connectivity index (χ4n) is 3.73. The van der Waals surface area contributed by atoms with Gasteiger partial charge in [0.1, 0.15) is 11.3 Å². The number of likely N-dealkylation sites (N-methyl/N-ethyl adjacent to an activating group) is 1. The fourth-order valence-corrected chi connectivity index (χ4v) is 3.73. The van der Waals surface area contributed by atoms with Gasteiger partial charge in [-0.1, -0.05) is 23.4 Å². The highest BCUT2D eigenvalue weighted by Crippen LogP contribution is 2.36. The number of aromatic amines is 1. The number of aliphatic hydroxyl groups is 1. The van der Waals surface area contributed by atoms with Crippen molar-refractivity contribution in [1.82, 2.24) is 20.0 Å². The van der Waals surface area contributed by atoms with Gasteiger partial charge in [-0.25, -0.2) is 4.98 Å². The van der Waals surface area contributed by atoms with Crippen LogP contribution in [0.3, 0.4) is 0 Å². The van der Waals surface area contributed by atoms with Crippen LogP contribution in [0.15, 0.2) is 59.4 Å². The lowest BCUT2D eigenvalue weighted by atomic mass is 9.97. The highest BCUT2D eigenvalue weighted by atomic mass is 16.5. The number of carbonyl (C=O) groups is 1. The second kappa shape index (κ2) is 6.03. The largest absolute Gasteiger partial charge is 0.373 e. The van der Waals surface area contributed by atoms with E-state index in [9.17, 15) is 9.90 Å². The first-order valence-electron chi connectivity index (χ1n) is 9.04. The van der Waals surface area contributed by atoms with Gasteiger partial charge >= 0.3 is 0 Å². The lowest BCUT2D eigenvalue weighted by Gasteiger charge is -2.16. The maximum atomic E-state index is 12.3. The number of likely N-dealkylation sites (tertiary alicyclic amines) is 1. The first-order valence-corrected chi connectivity index (χ1v) is 9.04. The van der Waals surface area contributed by atoms with Crippen LogP contribution in [-0.2, 0) is 10.4 Å². The van der Waals surface area contributed by atoms with Crippen molar-refractivity contribution in [2.24, 2.45) is 0 Å². The number of fused-ring (bicyclic) bond motifs is 1. The number of rotatable bonds is 3.